The molecule has 1 aromatic heterocycles. The molecule has 1 heterocycles. The number of ether oxygens (including phenoxy) is 1. The van der Waals surface area contributed by atoms with Crippen molar-refractivity contribution in [3.63, 3.8) is 0 Å². The first-order valence-corrected chi connectivity index (χ1v) is 6.66. The van der Waals surface area contributed by atoms with Gasteiger partial charge < -0.3 is 4.74 Å². The van der Waals surface area contributed by atoms with Crippen molar-refractivity contribution in [3.8, 4) is 5.75 Å². The Morgan fingerprint density at radius 3 is 2.44 bits per heavy atom. The molecule has 5 nitrogen and oxygen atoms in total. The molecule has 0 aliphatic carbocycles. The minimum Gasteiger partial charge on any atom is -0.492 e. The second kappa shape index (κ2) is 4.92. The number of hydrogen-bond acceptors (Lipinski definition) is 4. The number of aryl methyl sites for hydroxylation is 1. The molecular weight excluding hydrogens is 341 g/mol. The van der Waals surface area contributed by atoms with Gasteiger partial charge in [-0.1, -0.05) is 0 Å². The maximum atomic E-state index is 12.2. The van der Waals surface area contributed by atoms with E-state index in [1.807, 2.05) is 0 Å². The summed E-state index contributed by atoms with van der Waals surface area (Å²) in [5.41, 5.74) is -5.42. The number of nitrogens with zero attached hydrogens (tertiary/aromatic N) is 1. The quantitative estimate of drug-likeness (QED) is 0.851. The molecule has 0 aliphatic rings. The summed E-state index contributed by atoms with van der Waals surface area (Å²) < 4.78 is 65.0. The van der Waals surface area contributed by atoms with E-state index >= 15 is 0 Å². The molecule has 0 saturated heterocycles. The number of nitrogens with one attached hydrogen (secondary N) is 1. The molecule has 0 spiro atoms. The van der Waals surface area contributed by atoms with Gasteiger partial charge in [0.25, 0.3) is 0 Å². The van der Waals surface area contributed by atoms with Gasteiger partial charge in [-0.25, -0.2) is 4.98 Å². The molecule has 0 radical (unpaired) electrons. The van der Waals surface area contributed by atoms with Crippen LogP contribution in [0.1, 0.15) is 5.69 Å². The second-order valence-electron chi connectivity index (χ2n) is 3.19. The minimum atomic E-state index is -5.50. The molecule has 0 bridgehead atoms. The SMILES string of the molecule is COc1c(NS(=O)(=O)C(F)(F)F)cc(C)nc1Br. The zero-order chi connectivity index (χ0) is 14.1. The monoisotopic (exact) mass is 348 g/mol. The number of hydrogen-bond donors (Lipinski definition) is 1. The molecule has 1 N–H and O–H groups in total. The lowest BCUT2D eigenvalue weighted by Crippen LogP contribution is -2.30. The fraction of sp³-hybridized carbons (Fsp3) is 0.375. The van der Waals surface area contributed by atoms with Crippen LogP contribution in [0.25, 0.3) is 0 Å². The van der Waals surface area contributed by atoms with Gasteiger partial charge in [0.2, 0.25) is 0 Å². The Morgan fingerprint density at radius 2 is 2.00 bits per heavy atom. The molecule has 0 aliphatic heterocycles. The number of pyridine rings is 1. The summed E-state index contributed by atoms with van der Waals surface area (Å²) in [4.78, 5) is 3.87. The maximum Gasteiger partial charge on any atom is 0.516 e. The van der Waals surface area contributed by atoms with Crippen LogP contribution in [0.15, 0.2) is 10.7 Å². The lowest BCUT2D eigenvalue weighted by Gasteiger charge is -2.14. The Hall–Kier alpha value is -1.03. The summed E-state index contributed by atoms with van der Waals surface area (Å²) in [7, 11) is -4.31. The topological polar surface area (TPSA) is 68.3 Å². The number of anilines is 1. The highest BCUT2D eigenvalue weighted by molar-refractivity contribution is 9.10. The fourth-order valence-electron chi connectivity index (χ4n) is 1.10. The molecule has 0 aromatic carbocycles. The highest BCUT2D eigenvalue weighted by Crippen LogP contribution is 2.35. The van der Waals surface area contributed by atoms with Crippen LogP contribution < -0.4 is 9.46 Å². The predicted octanol–water partition coefficient (Wildman–Crippen LogP) is 2.42. The van der Waals surface area contributed by atoms with Crippen molar-refractivity contribution in [1.29, 1.82) is 0 Å². The minimum absolute atomic E-state index is 0.102. The Bertz CT molecular complexity index is 559. The Morgan fingerprint density at radius 1 is 1.44 bits per heavy atom. The van der Waals surface area contributed by atoms with Crippen molar-refractivity contribution in [3.05, 3.63) is 16.4 Å². The van der Waals surface area contributed by atoms with E-state index in [4.69, 9.17) is 4.74 Å². The van der Waals surface area contributed by atoms with Crippen LogP contribution in [0.5, 0.6) is 5.75 Å². The molecule has 10 heteroatoms. The van der Waals surface area contributed by atoms with Crippen molar-refractivity contribution < 1.29 is 26.3 Å². The van der Waals surface area contributed by atoms with E-state index < -0.39 is 15.5 Å². The summed E-state index contributed by atoms with van der Waals surface area (Å²) in [6.07, 6.45) is 0. The summed E-state index contributed by atoms with van der Waals surface area (Å²) in [6.45, 7) is 1.50. The molecule has 0 unspecified atom stereocenters. The van der Waals surface area contributed by atoms with Crippen LogP contribution in [-0.2, 0) is 10.0 Å². The first-order valence-electron chi connectivity index (χ1n) is 4.38. The van der Waals surface area contributed by atoms with Crippen LogP contribution >= 0.6 is 15.9 Å². The third-order valence-corrected chi connectivity index (χ3v) is 3.45. The zero-order valence-electron chi connectivity index (χ0n) is 9.17. The van der Waals surface area contributed by atoms with E-state index in [-0.39, 0.29) is 16.0 Å². The summed E-state index contributed by atoms with van der Waals surface area (Å²) >= 11 is 2.96. The predicted molar refractivity (Wildman–Crippen MR) is 61.8 cm³/mol. The summed E-state index contributed by atoms with van der Waals surface area (Å²) in [6, 6.07) is 1.13. The molecule has 0 saturated carbocycles. The zero-order valence-corrected chi connectivity index (χ0v) is 11.6. The van der Waals surface area contributed by atoms with Crippen LogP contribution in [0.2, 0.25) is 0 Å². The molecule has 0 amide bonds. The number of sulfonamides is 1. The smallest absolute Gasteiger partial charge is 0.492 e. The van der Waals surface area contributed by atoms with Gasteiger partial charge in [-0.3, -0.25) is 4.72 Å². The highest BCUT2D eigenvalue weighted by Gasteiger charge is 2.46. The van der Waals surface area contributed by atoms with Crippen LogP contribution in [-0.4, -0.2) is 26.0 Å². The molecule has 0 atom stereocenters. The normalized spacial score (nSPS) is 12.3. The van der Waals surface area contributed by atoms with Gasteiger partial charge in [0.1, 0.15) is 4.60 Å². The standard InChI is InChI=1S/C8H8BrF3N2O3S/c1-4-3-5(6(17-2)7(9)13-4)14-18(15,16)8(10,11)12/h3H,1-2H3,(H,13,14). The number of alkyl halides is 3. The highest BCUT2D eigenvalue weighted by atomic mass is 79.9. The first-order chi connectivity index (χ1) is 8.08. The van der Waals surface area contributed by atoms with E-state index in [1.54, 1.807) is 0 Å². The van der Waals surface area contributed by atoms with Crippen LogP contribution in [0, 0.1) is 6.92 Å². The number of rotatable bonds is 3. The van der Waals surface area contributed by atoms with Crippen molar-refractivity contribution in [2.75, 3.05) is 11.8 Å². The molecule has 102 valence electrons. The van der Waals surface area contributed by atoms with Gasteiger partial charge in [0, 0.05) is 5.69 Å². The Labute approximate surface area is 110 Å². The van der Waals surface area contributed by atoms with E-state index in [0.717, 1.165) is 6.07 Å². The van der Waals surface area contributed by atoms with Crippen molar-refractivity contribution in [2.45, 2.75) is 12.4 Å². The van der Waals surface area contributed by atoms with Gasteiger partial charge in [-0.15, -0.1) is 0 Å². The maximum absolute atomic E-state index is 12.2. The Kier molecular flexibility index (Phi) is 4.11. The number of halogens is 4. The van der Waals surface area contributed by atoms with E-state index in [1.165, 1.54) is 18.8 Å². The number of methoxy groups -OCH3 is 1. The summed E-state index contributed by atoms with van der Waals surface area (Å²) in [5, 5.41) is 0. The van der Waals surface area contributed by atoms with Gasteiger partial charge in [0.15, 0.2) is 5.75 Å². The third-order valence-electron chi connectivity index (χ3n) is 1.81. The first kappa shape index (κ1) is 15.0. The fourth-order valence-corrected chi connectivity index (χ4v) is 2.31. The number of aromatic nitrogens is 1. The van der Waals surface area contributed by atoms with Crippen molar-refractivity contribution >= 4 is 31.6 Å². The molecule has 0 fully saturated rings. The largest absolute Gasteiger partial charge is 0.516 e. The Balaban J connectivity index is 3.28. The van der Waals surface area contributed by atoms with Gasteiger partial charge in [0.05, 0.1) is 12.8 Å². The molecular formula is C8H8BrF3N2O3S. The summed E-state index contributed by atoms with van der Waals surface area (Å²) in [5.74, 6) is -0.131. The molecule has 1 aromatic rings. The van der Waals surface area contributed by atoms with Crippen LogP contribution in [0.4, 0.5) is 18.9 Å². The average Bonchev–Trinajstić information content (AvgIpc) is 2.14. The van der Waals surface area contributed by atoms with Crippen molar-refractivity contribution in [2.24, 2.45) is 0 Å². The molecule has 18 heavy (non-hydrogen) atoms. The van der Waals surface area contributed by atoms with Gasteiger partial charge >= 0.3 is 15.5 Å². The lowest BCUT2D eigenvalue weighted by molar-refractivity contribution is -0.0429. The lowest BCUT2D eigenvalue weighted by atomic mass is 10.3. The average molecular weight is 349 g/mol. The molecule has 1 rings (SSSR count). The van der Waals surface area contributed by atoms with E-state index in [9.17, 15) is 21.6 Å². The van der Waals surface area contributed by atoms with E-state index in [0.29, 0.717) is 5.69 Å². The van der Waals surface area contributed by atoms with E-state index in [2.05, 4.69) is 20.9 Å². The van der Waals surface area contributed by atoms with Crippen molar-refractivity contribution in [1.82, 2.24) is 4.98 Å². The van der Waals surface area contributed by atoms with Gasteiger partial charge in [-0.2, -0.15) is 21.6 Å². The second-order valence-corrected chi connectivity index (χ2v) is 5.61. The van der Waals surface area contributed by atoms with Crippen LogP contribution in [0.3, 0.4) is 0 Å². The third kappa shape index (κ3) is 3.05. The van der Waals surface area contributed by atoms with Gasteiger partial charge in [-0.05, 0) is 28.9 Å².